The summed E-state index contributed by atoms with van der Waals surface area (Å²) in [6.45, 7) is 1.97. The lowest BCUT2D eigenvalue weighted by atomic mass is 10.2. The first-order valence-electron chi connectivity index (χ1n) is 4.67. The maximum absolute atomic E-state index is 10.5. The second-order valence-corrected chi connectivity index (χ2v) is 4.69. The zero-order chi connectivity index (χ0) is 11.5. The molecule has 2 rings (SSSR count). The van der Waals surface area contributed by atoms with Crippen molar-refractivity contribution in [2.45, 2.75) is 6.92 Å². The lowest BCUT2D eigenvalue weighted by molar-refractivity contribution is 0.112. The van der Waals surface area contributed by atoms with Gasteiger partial charge in [-0.15, -0.1) is 11.3 Å². The molecule has 16 heavy (non-hydrogen) atoms. The Morgan fingerprint density at radius 2 is 2.19 bits per heavy atom. The van der Waals surface area contributed by atoms with E-state index in [4.69, 9.17) is 16.3 Å². The molecule has 2 nitrogen and oxygen atoms in total. The highest BCUT2D eigenvalue weighted by Crippen LogP contribution is 2.32. The van der Waals surface area contributed by atoms with Crippen LogP contribution in [0.1, 0.15) is 15.2 Å². The van der Waals surface area contributed by atoms with Crippen LogP contribution in [0.2, 0.25) is 5.02 Å². The van der Waals surface area contributed by atoms with Crippen LogP contribution in [-0.2, 0) is 0 Å². The fourth-order valence-electron chi connectivity index (χ4n) is 1.27. The zero-order valence-electron chi connectivity index (χ0n) is 8.57. The van der Waals surface area contributed by atoms with Crippen LogP contribution in [0.15, 0.2) is 29.6 Å². The molecule has 0 atom stereocenters. The van der Waals surface area contributed by atoms with Gasteiger partial charge in [0.05, 0.1) is 9.90 Å². The molecular formula is C12H9ClO2S. The van der Waals surface area contributed by atoms with E-state index in [-0.39, 0.29) is 0 Å². The monoisotopic (exact) mass is 252 g/mol. The third kappa shape index (κ3) is 2.43. The van der Waals surface area contributed by atoms with Gasteiger partial charge >= 0.3 is 0 Å². The highest BCUT2D eigenvalue weighted by Gasteiger charge is 2.05. The quantitative estimate of drug-likeness (QED) is 0.761. The van der Waals surface area contributed by atoms with Crippen LogP contribution in [0.25, 0.3) is 0 Å². The summed E-state index contributed by atoms with van der Waals surface area (Å²) in [4.78, 5) is 11.2. The van der Waals surface area contributed by atoms with Gasteiger partial charge in [-0.25, -0.2) is 0 Å². The van der Waals surface area contributed by atoms with E-state index < -0.39 is 0 Å². The van der Waals surface area contributed by atoms with Crippen molar-refractivity contribution >= 4 is 29.2 Å². The minimum atomic E-state index is 0.560. The first-order chi connectivity index (χ1) is 7.69. The fraction of sp³-hybridized carbons (Fsp3) is 0.0833. The SMILES string of the molecule is Cc1ccc(Cl)c(Oc2csc(C=O)c2)c1. The van der Waals surface area contributed by atoms with E-state index in [9.17, 15) is 4.79 Å². The van der Waals surface area contributed by atoms with Gasteiger partial charge in [-0.05, 0) is 24.6 Å². The van der Waals surface area contributed by atoms with Crippen LogP contribution in [0, 0.1) is 6.92 Å². The lowest BCUT2D eigenvalue weighted by Gasteiger charge is -2.06. The van der Waals surface area contributed by atoms with Crippen LogP contribution in [0.4, 0.5) is 0 Å². The van der Waals surface area contributed by atoms with E-state index in [1.807, 2.05) is 19.1 Å². The minimum Gasteiger partial charge on any atom is -0.455 e. The van der Waals surface area contributed by atoms with Gasteiger partial charge in [0.2, 0.25) is 0 Å². The van der Waals surface area contributed by atoms with Crippen LogP contribution in [0.3, 0.4) is 0 Å². The van der Waals surface area contributed by atoms with E-state index in [2.05, 4.69) is 0 Å². The number of aryl methyl sites for hydroxylation is 1. The summed E-state index contributed by atoms with van der Waals surface area (Å²) in [5, 5.41) is 2.34. The Hall–Kier alpha value is -1.32. The van der Waals surface area contributed by atoms with Crippen LogP contribution in [-0.4, -0.2) is 6.29 Å². The summed E-state index contributed by atoms with van der Waals surface area (Å²) in [7, 11) is 0. The molecule has 0 unspecified atom stereocenters. The van der Waals surface area contributed by atoms with Gasteiger partial charge in [0, 0.05) is 11.4 Å². The first kappa shape index (κ1) is 11.2. The molecule has 0 aliphatic carbocycles. The van der Waals surface area contributed by atoms with Crippen molar-refractivity contribution in [3.63, 3.8) is 0 Å². The average Bonchev–Trinajstić information content (AvgIpc) is 2.71. The van der Waals surface area contributed by atoms with Crippen LogP contribution in [0.5, 0.6) is 11.5 Å². The highest BCUT2D eigenvalue weighted by atomic mass is 35.5. The molecule has 1 aromatic carbocycles. The standard InChI is InChI=1S/C12H9ClO2S/c1-8-2-3-11(13)12(4-8)15-9-5-10(6-14)16-7-9/h2-7H,1H3. The maximum atomic E-state index is 10.5. The van der Waals surface area contributed by atoms with Gasteiger partial charge in [-0.3, -0.25) is 4.79 Å². The van der Waals surface area contributed by atoms with Crippen molar-refractivity contribution in [2.24, 2.45) is 0 Å². The van der Waals surface area contributed by atoms with Crippen molar-refractivity contribution in [3.05, 3.63) is 45.1 Å². The number of carbonyl (C=O) groups excluding carboxylic acids is 1. The molecule has 0 bridgehead atoms. The topological polar surface area (TPSA) is 26.3 Å². The van der Waals surface area contributed by atoms with E-state index in [0.29, 0.717) is 21.4 Å². The Morgan fingerprint density at radius 3 is 2.88 bits per heavy atom. The molecule has 0 saturated heterocycles. The molecule has 4 heteroatoms. The molecule has 1 heterocycles. The molecule has 2 aromatic rings. The molecule has 1 aromatic heterocycles. The number of thiophene rings is 1. The van der Waals surface area contributed by atoms with Crippen molar-refractivity contribution in [3.8, 4) is 11.5 Å². The van der Waals surface area contributed by atoms with Gasteiger partial charge in [0.25, 0.3) is 0 Å². The van der Waals surface area contributed by atoms with E-state index in [0.717, 1.165) is 11.8 Å². The molecule has 0 amide bonds. The van der Waals surface area contributed by atoms with E-state index in [1.165, 1.54) is 11.3 Å². The van der Waals surface area contributed by atoms with Gasteiger partial charge < -0.3 is 4.74 Å². The summed E-state index contributed by atoms with van der Waals surface area (Å²) < 4.78 is 5.59. The maximum Gasteiger partial charge on any atom is 0.160 e. The first-order valence-corrected chi connectivity index (χ1v) is 5.92. The molecule has 82 valence electrons. The molecule has 0 fully saturated rings. The smallest absolute Gasteiger partial charge is 0.160 e. The van der Waals surface area contributed by atoms with Crippen molar-refractivity contribution in [1.29, 1.82) is 0 Å². The number of halogens is 1. The summed E-state index contributed by atoms with van der Waals surface area (Å²) in [5.74, 6) is 1.25. The number of aldehydes is 1. The fourth-order valence-corrected chi connectivity index (χ4v) is 2.03. The van der Waals surface area contributed by atoms with Crippen LogP contribution >= 0.6 is 22.9 Å². The lowest BCUT2D eigenvalue weighted by Crippen LogP contribution is -1.84. The number of rotatable bonds is 3. The summed E-state index contributed by atoms with van der Waals surface area (Å²) in [6.07, 6.45) is 0.801. The predicted octanol–water partition coefficient (Wildman–Crippen LogP) is 4.31. The van der Waals surface area contributed by atoms with Crippen molar-refractivity contribution in [2.75, 3.05) is 0 Å². The molecule has 0 aliphatic rings. The van der Waals surface area contributed by atoms with Gasteiger partial charge in [0.15, 0.2) is 6.29 Å². The molecule has 0 aliphatic heterocycles. The Kier molecular flexibility index (Phi) is 3.27. The van der Waals surface area contributed by atoms with Crippen molar-refractivity contribution in [1.82, 2.24) is 0 Å². The second-order valence-electron chi connectivity index (χ2n) is 3.34. The number of hydrogen-bond acceptors (Lipinski definition) is 3. The third-order valence-corrected chi connectivity index (χ3v) is 3.17. The Bertz CT molecular complexity index is 519. The Balaban J connectivity index is 2.26. The summed E-state index contributed by atoms with van der Waals surface area (Å²) >= 11 is 7.34. The number of ether oxygens (including phenoxy) is 1. The summed E-state index contributed by atoms with van der Waals surface area (Å²) in [5.41, 5.74) is 1.07. The second kappa shape index (κ2) is 4.68. The number of carbonyl (C=O) groups is 1. The normalized spacial score (nSPS) is 10.1. The minimum absolute atomic E-state index is 0.560. The number of hydrogen-bond donors (Lipinski definition) is 0. The molecule has 0 spiro atoms. The zero-order valence-corrected chi connectivity index (χ0v) is 10.1. The number of benzene rings is 1. The largest absolute Gasteiger partial charge is 0.455 e. The van der Waals surface area contributed by atoms with Crippen LogP contribution < -0.4 is 4.74 Å². The average molecular weight is 253 g/mol. The molecule has 0 N–H and O–H groups in total. The highest BCUT2D eigenvalue weighted by molar-refractivity contribution is 7.11. The molecule has 0 saturated carbocycles. The predicted molar refractivity (Wildman–Crippen MR) is 66.0 cm³/mol. The van der Waals surface area contributed by atoms with E-state index in [1.54, 1.807) is 17.5 Å². The van der Waals surface area contributed by atoms with Crippen molar-refractivity contribution < 1.29 is 9.53 Å². The van der Waals surface area contributed by atoms with Gasteiger partial charge in [-0.1, -0.05) is 17.7 Å². The van der Waals surface area contributed by atoms with Gasteiger partial charge in [-0.2, -0.15) is 0 Å². The van der Waals surface area contributed by atoms with Gasteiger partial charge in [0.1, 0.15) is 11.5 Å². The summed E-state index contributed by atoms with van der Waals surface area (Å²) in [6, 6.07) is 7.26. The molecular weight excluding hydrogens is 244 g/mol. The van der Waals surface area contributed by atoms with E-state index >= 15 is 0 Å². The Morgan fingerprint density at radius 1 is 1.38 bits per heavy atom. The molecule has 0 radical (unpaired) electrons. The Labute approximate surface area is 102 Å². The third-order valence-electron chi connectivity index (χ3n) is 2.03.